The van der Waals surface area contributed by atoms with E-state index in [1.54, 1.807) is 13.2 Å². The summed E-state index contributed by atoms with van der Waals surface area (Å²) in [5, 5.41) is 5.58. The van der Waals surface area contributed by atoms with E-state index in [1.165, 1.54) is 24.0 Å². The average Bonchev–Trinajstić information content (AvgIpc) is 2.65. The maximum absolute atomic E-state index is 11.9. The van der Waals surface area contributed by atoms with Gasteiger partial charge < -0.3 is 20.1 Å². The number of urea groups is 1. The van der Waals surface area contributed by atoms with Crippen LogP contribution in [0.3, 0.4) is 0 Å². The molecule has 0 bridgehead atoms. The van der Waals surface area contributed by atoms with Gasteiger partial charge in [-0.15, -0.1) is 0 Å². The van der Waals surface area contributed by atoms with Crippen molar-refractivity contribution < 1.29 is 14.3 Å². The summed E-state index contributed by atoms with van der Waals surface area (Å²) < 4.78 is 11.0. The molecule has 0 aromatic heterocycles. The number of aryl methyl sites for hydroxylation is 1. The van der Waals surface area contributed by atoms with Gasteiger partial charge >= 0.3 is 6.03 Å². The van der Waals surface area contributed by atoms with E-state index in [2.05, 4.69) is 16.7 Å². The van der Waals surface area contributed by atoms with Crippen molar-refractivity contribution in [3.05, 3.63) is 53.6 Å². The lowest BCUT2D eigenvalue weighted by Gasteiger charge is -2.19. The van der Waals surface area contributed by atoms with Crippen LogP contribution in [0.4, 0.5) is 10.5 Å². The molecule has 5 heteroatoms. The number of fused-ring (bicyclic) bond motifs is 1. The molecule has 2 N–H and O–H groups in total. The summed E-state index contributed by atoms with van der Waals surface area (Å²) in [6, 6.07) is 13.2. The van der Waals surface area contributed by atoms with Crippen LogP contribution in [0.25, 0.3) is 0 Å². The highest BCUT2D eigenvalue weighted by atomic mass is 16.5. The second kappa shape index (κ2) is 8.42. The third-order valence-corrected chi connectivity index (χ3v) is 4.33. The third-order valence-electron chi connectivity index (χ3n) is 4.33. The number of carbonyl (C=O) groups is 1. The molecule has 0 heterocycles. The molecular formula is C20H24N2O3. The Hall–Kier alpha value is -2.69. The zero-order valence-corrected chi connectivity index (χ0v) is 14.5. The smallest absolute Gasteiger partial charge is 0.319 e. The molecule has 1 aliphatic rings. The van der Waals surface area contributed by atoms with Gasteiger partial charge in [0, 0.05) is 11.8 Å². The highest BCUT2D eigenvalue weighted by Gasteiger charge is 2.13. The Morgan fingerprint density at radius 1 is 1.12 bits per heavy atom. The minimum absolute atomic E-state index is 0.257. The van der Waals surface area contributed by atoms with E-state index in [1.807, 2.05) is 30.3 Å². The highest BCUT2D eigenvalue weighted by molar-refractivity contribution is 5.89. The van der Waals surface area contributed by atoms with Crippen LogP contribution in [0.5, 0.6) is 11.5 Å². The molecular weight excluding hydrogens is 316 g/mol. The molecule has 25 heavy (non-hydrogen) atoms. The fraction of sp³-hybridized carbons (Fsp3) is 0.350. The fourth-order valence-electron chi connectivity index (χ4n) is 3.08. The van der Waals surface area contributed by atoms with Crippen LogP contribution >= 0.6 is 0 Å². The van der Waals surface area contributed by atoms with Crippen LogP contribution in [0.15, 0.2) is 42.5 Å². The largest absolute Gasteiger partial charge is 0.497 e. The zero-order chi connectivity index (χ0) is 17.5. The van der Waals surface area contributed by atoms with E-state index in [-0.39, 0.29) is 6.03 Å². The van der Waals surface area contributed by atoms with E-state index < -0.39 is 0 Å². The first kappa shape index (κ1) is 17.1. The molecule has 5 nitrogen and oxygen atoms in total. The maximum atomic E-state index is 11.9. The summed E-state index contributed by atoms with van der Waals surface area (Å²) >= 11 is 0. The molecule has 1 aliphatic carbocycles. The van der Waals surface area contributed by atoms with E-state index in [9.17, 15) is 4.79 Å². The Labute approximate surface area is 148 Å². The summed E-state index contributed by atoms with van der Waals surface area (Å²) in [6.07, 6.45) is 4.68. The predicted molar refractivity (Wildman–Crippen MR) is 98.6 cm³/mol. The van der Waals surface area contributed by atoms with Crippen LogP contribution in [0, 0.1) is 0 Å². The van der Waals surface area contributed by atoms with Crippen LogP contribution in [-0.4, -0.2) is 26.3 Å². The Bertz CT molecular complexity index is 731. The minimum atomic E-state index is -0.257. The number of methoxy groups -OCH3 is 1. The predicted octanol–water partition coefficient (Wildman–Crippen LogP) is 3.77. The lowest BCUT2D eigenvalue weighted by Crippen LogP contribution is -2.32. The van der Waals surface area contributed by atoms with E-state index in [0.717, 1.165) is 18.6 Å². The molecule has 132 valence electrons. The van der Waals surface area contributed by atoms with Gasteiger partial charge in [-0.3, -0.25) is 0 Å². The first-order valence-electron chi connectivity index (χ1n) is 8.69. The molecule has 0 atom stereocenters. The van der Waals surface area contributed by atoms with Gasteiger partial charge in [0.15, 0.2) is 0 Å². The summed E-state index contributed by atoms with van der Waals surface area (Å²) in [4.78, 5) is 11.9. The van der Waals surface area contributed by atoms with Crippen LogP contribution in [0.1, 0.15) is 24.0 Å². The zero-order valence-electron chi connectivity index (χ0n) is 14.5. The highest BCUT2D eigenvalue weighted by Crippen LogP contribution is 2.29. The molecule has 0 unspecified atom stereocenters. The lowest BCUT2D eigenvalue weighted by molar-refractivity contribution is 0.247. The minimum Gasteiger partial charge on any atom is -0.497 e. The van der Waals surface area contributed by atoms with Crippen molar-refractivity contribution in [2.24, 2.45) is 0 Å². The Balaban J connectivity index is 1.45. The van der Waals surface area contributed by atoms with Crippen molar-refractivity contribution in [3.8, 4) is 11.5 Å². The molecule has 0 radical (unpaired) electrons. The van der Waals surface area contributed by atoms with Crippen molar-refractivity contribution in [1.82, 2.24) is 5.32 Å². The Morgan fingerprint density at radius 2 is 1.96 bits per heavy atom. The number of hydrogen-bond acceptors (Lipinski definition) is 3. The third kappa shape index (κ3) is 4.66. The number of anilines is 1. The first-order chi connectivity index (χ1) is 12.3. The van der Waals surface area contributed by atoms with Gasteiger partial charge in [0.1, 0.15) is 18.1 Å². The normalized spacial score (nSPS) is 12.8. The summed E-state index contributed by atoms with van der Waals surface area (Å²) in [7, 11) is 1.60. The lowest BCUT2D eigenvalue weighted by atomic mass is 9.91. The summed E-state index contributed by atoms with van der Waals surface area (Å²) in [5.74, 6) is 1.65. The molecule has 0 aliphatic heterocycles. The molecule has 0 fully saturated rings. The number of ether oxygens (including phenoxy) is 2. The topological polar surface area (TPSA) is 59.6 Å². The standard InChI is InChI=1S/C20H24N2O3/c1-24-17-9-5-8-16(14-17)22-20(23)21-12-13-25-19-11-4-7-15-6-2-3-10-18(15)19/h4-5,7-9,11,14H,2-3,6,10,12-13H2,1H3,(H2,21,22,23). The number of rotatable bonds is 6. The van der Waals surface area contributed by atoms with Crippen LogP contribution < -0.4 is 20.1 Å². The molecule has 2 aromatic carbocycles. The van der Waals surface area contributed by atoms with Gasteiger partial charge in [-0.05, 0) is 55.0 Å². The summed E-state index contributed by atoms with van der Waals surface area (Å²) in [6.45, 7) is 0.890. The van der Waals surface area contributed by atoms with E-state index in [4.69, 9.17) is 9.47 Å². The number of nitrogens with one attached hydrogen (secondary N) is 2. The fourth-order valence-corrected chi connectivity index (χ4v) is 3.08. The summed E-state index contributed by atoms with van der Waals surface area (Å²) in [5.41, 5.74) is 3.41. The maximum Gasteiger partial charge on any atom is 0.319 e. The molecule has 3 rings (SSSR count). The monoisotopic (exact) mass is 340 g/mol. The molecule has 0 spiro atoms. The average molecular weight is 340 g/mol. The molecule has 2 aromatic rings. The molecule has 2 amide bonds. The van der Waals surface area contributed by atoms with Gasteiger partial charge in [0.2, 0.25) is 0 Å². The quantitative estimate of drug-likeness (QED) is 0.787. The molecule has 0 saturated heterocycles. The van der Waals surface area contributed by atoms with Crippen LogP contribution in [-0.2, 0) is 12.8 Å². The van der Waals surface area contributed by atoms with Crippen molar-refractivity contribution >= 4 is 11.7 Å². The number of benzene rings is 2. The van der Waals surface area contributed by atoms with Gasteiger partial charge in [0.05, 0.1) is 13.7 Å². The van der Waals surface area contributed by atoms with Crippen LogP contribution in [0.2, 0.25) is 0 Å². The first-order valence-corrected chi connectivity index (χ1v) is 8.69. The van der Waals surface area contributed by atoms with Gasteiger partial charge in [-0.2, -0.15) is 0 Å². The number of amides is 2. The molecule has 0 saturated carbocycles. The van der Waals surface area contributed by atoms with Crippen molar-refractivity contribution in [2.75, 3.05) is 25.6 Å². The van der Waals surface area contributed by atoms with Crippen molar-refractivity contribution in [3.63, 3.8) is 0 Å². The Kier molecular flexibility index (Phi) is 5.77. The number of hydrogen-bond donors (Lipinski definition) is 2. The van der Waals surface area contributed by atoms with E-state index >= 15 is 0 Å². The second-order valence-electron chi connectivity index (χ2n) is 6.06. The number of carbonyl (C=O) groups excluding carboxylic acids is 1. The van der Waals surface area contributed by atoms with Gasteiger partial charge in [-0.25, -0.2) is 4.79 Å². The van der Waals surface area contributed by atoms with Crippen molar-refractivity contribution in [1.29, 1.82) is 0 Å². The van der Waals surface area contributed by atoms with Crippen molar-refractivity contribution in [2.45, 2.75) is 25.7 Å². The SMILES string of the molecule is COc1cccc(NC(=O)NCCOc2cccc3c2CCCC3)c1. The van der Waals surface area contributed by atoms with E-state index in [0.29, 0.717) is 24.6 Å². The second-order valence-corrected chi connectivity index (χ2v) is 6.06. The Morgan fingerprint density at radius 3 is 2.84 bits per heavy atom. The van der Waals surface area contributed by atoms with Gasteiger partial charge in [0.25, 0.3) is 0 Å². The van der Waals surface area contributed by atoms with Gasteiger partial charge in [-0.1, -0.05) is 18.2 Å².